The first-order chi connectivity index (χ1) is 13.2. The van der Waals surface area contributed by atoms with Crippen LogP contribution in [0.4, 0.5) is 5.69 Å². The fourth-order valence-electron chi connectivity index (χ4n) is 2.84. The van der Waals surface area contributed by atoms with Crippen molar-refractivity contribution in [2.45, 2.75) is 11.8 Å². The molecule has 0 spiro atoms. The molecule has 0 fully saturated rings. The number of esters is 1. The lowest BCUT2D eigenvalue weighted by molar-refractivity contribution is 0.0602. The molecule has 7 nitrogen and oxygen atoms in total. The topological polar surface area (TPSA) is 90.3 Å². The number of hydrogen-bond acceptors (Lipinski definition) is 5. The van der Waals surface area contributed by atoms with Crippen LogP contribution in [0.15, 0.2) is 53.4 Å². The maximum Gasteiger partial charge on any atom is 0.339 e. The summed E-state index contributed by atoms with van der Waals surface area (Å²) in [6, 6.07) is 14.2. The van der Waals surface area contributed by atoms with Crippen molar-refractivity contribution >= 4 is 33.3 Å². The van der Waals surface area contributed by atoms with E-state index in [0.29, 0.717) is 0 Å². The van der Waals surface area contributed by atoms with Crippen molar-refractivity contribution < 1.29 is 17.9 Å². The van der Waals surface area contributed by atoms with Crippen LogP contribution in [-0.2, 0) is 21.8 Å². The quantitative estimate of drug-likeness (QED) is 0.637. The summed E-state index contributed by atoms with van der Waals surface area (Å²) in [5.74, 6) is -0.661. The summed E-state index contributed by atoms with van der Waals surface area (Å²) >= 11 is 6.11. The molecule has 9 heteroatoms. The molecule has 0 atom stereocenters. The minimum atomic E-state index is -4.09. The first kappa shape index (κ1) is 19.9. The lowest BCUT2D eigenvalue weighted by Crippen LogP contribution is -2.17. The van der Waals surface area contributed by atoms with E-state index in [2.05, 4.69) is 9.82 Å². The summed E-state index contributed by atoms with van der Waals surface area (Å²) in [4.78, 5) is 12.0. The third-order valence-corrected chi connectivity index (χ3v) is 6.21. The molecule has 0 aliphatic heterocycles. The normalized spacial score (nSPS) is 11.3. The number of nitrogens with zero attached hydrogens (tertiary/aromatic N) is 2. The van der Waals surface area contributed by atoms with Gasteiger partial charge < -0.3 is 4.74 Å². The second kappa shape index (κ2) is 7.65. The highest BCUT2D eigenvalue weighted by Crippen LogP contribution is 2.30. The Bertz CT molecular complexity index is 1140. The van der Waals surface area contributed by atoms with Crippen molar-refractivity contribution in [2.75, 3.05) is 11.8 Å². The summed E-state index contributed by atoms with van der Waals surface area (Å²) in [6.07, 6.45) is 0. The number of ether oxygens (including phenoxy) is 1. The third-order valence-electron chi connectivity index (χ3n) is 4.15. The summed E-state index contributed by atoms with van der Waals surface area (Å²) in [5.41, 5.74) is 2.03. The molecule has 1 N–H and O–H groups in total. The molecule has 0 amide bonds. The van der Waals surface area contributed by atoms with Crippen molar-refractivity contribution in [3.63, 3.8) is 0 Å². The molecule has 0 saturated heterocycles. The van der Waals surface area contributed by atoms with Gasteiger partial charge in [-0.1, -0.05) is 48.0 Å². The number of carbonyl (C=O) groups is 1. The van der Waals surface area contributed by atoms with E-state index < -0.39 is 16.0 Å². The van der Waals surface area contributed by atoms with Gasteiger partial charge >= 0.3 is 5.97 Å². The second-order valence-electron chi connectivity index (χ2n) is 6.05. The van der Waals surface area contributed by atoms with E-state index >= 15 is 0 Å². The number of anilines is 1. The Morgan fingerprint density at radius 2 is 1.82 bits per heavy atom. The molecule has 0 saturated carbocycles. The zero-order valence-electron chi connectivity index (χ0n) is 15.4. The minimum absolute atomic E-state index is 0.0242. The fraction of sp³-hybridized carbons (Fsp3) is 0.158. The Labute approximate surface area is 168 Å². The van der Waals surface area contributed by atoms with Crippen LogP contribution < -0.4 is 4.72 Å². The van der Waals surface area contributed by atoms with E-state index in [-0.39, 0.29) is 27.0 Å². The molecule has 146 valence electrons. The van der Waals surface area contributed by atoms with Crippen molar-refractivity contribution in [2.24, 2.45) is 7.05 Å². The largest absolute Gasteiger partial charge is 0.465 e. The number of sulfonamides is 1. The SMILES string of the molecule is COC(=O)c1ccc(-c2ccccc2)cc1NS(=O)(=O)c1c(C)nn(C)c1Cl. The van der Waals surface area contributed by atoms with Gasteiger partial charge in [0.1, 0.15) is 10.0 Å². The number of hydrogen-bond donors (Lipinski definition) is 1. The molecule has 28 heavy (non-hydrogen) atoms. The van der Waals surface area contributed by atoms with Gasteiger partial charge in [0.05, 0.1) is 24.1 Å². The van der Waals surface area contributed by atoms with Crippen molar-refractivity contribution in [3.05, 3.63) is 64.9 Å². The van der Waals surface area contributed by atoms with Crippen LogP contribution in [-0.4, -0.2) is 31.3 Å². The second-order valence-corrected chi connectivity index (χ2v) is 8.03. The van der Waals surface area contributed by atoms with Gasteiger partial charge in [-0.3, -0.25) is 9.40 Å². The van der Waals surface area contributed by atoms with Gasteiger partial charge in [-0.15, -0.1) is 0 Å². The lowest BCUT2D eigenvalue weighted by atomic mass is 10.0. The first-order valence-corrected chi connectivity index (χ1v) is 10.1. The van der Waals surface area contributed by atoms with E-state index in [1.54, 1.807) is 26.1 Å². The van der Waals surface area contributed by atoms with E-state index in [9.17, 15) is 13.2 Å². The van der Waals surface area contributed by atoms with Crippen molar-refractivity contribution in [1.82, 2.24) is 9.78 Å². The highest BCUT2D eigenvalue weighted by molar-refractivity contribution is 7.92. The average molecular weight is 420 g/mol. The van der Waals surface area contributed by atoms with Crippen molar-refractivity contribution in [3.8, 4) is 11.1 Å². The van der Waals surface area contributed by atoms with Crippen LogP contribution in [0.2, 0.25) is 5.15 Å². The van der Waals surface area contributed by atoms with E-state index in [1.807, 2.05) is 30.3 Å². The lowest BCUT2D eigenvalue weighted by Gasteiger charge is -2.13. The predicted molar refractivity (Wildman–Crippen MR) is 107 cm³/mol. The molecule has 0 aliphatic rings. The Kier molecular flexibility index (Phi) is 5.44. The van der Waals surface area contributed by atoms with Gasteiger partial charge in [0, 0.05) is 7.05 Å². The van der Waals surface area contributed by atoms with E-state index in [1.165, 1.54) is 17.9 Å². The van der Waals surface area contributed by atoms with Gasteiger partial charge in [0.25, 0.3) is 10.0 Å². The molecule has 1 aromatic heterocycles. The molecule has 0 radical (unpaired) electrons. The summed E-state index contributed by atoms with van der Waals surface area (Å²) in [5, 5.41) is 4.01. The third kappa shape index (κ3) is 3.74. The number of aromatic nitrogens is 2. The number of rotatable bonds is 5. The number of aryl methyl sites for hydroxylation is 2. The zero-order chi connectivity index (χ0) is 20.5. The molecule has 0 aliphatic carbocycles. The van der Waals surface area contributed by atoms with Gasteiger partial charge in [-0.25, -0.2) is 13.2 Å². The molecular formula is C19H18ClN3O4S. The number of halogens is 1. The van der Waals surface area contributed by atoms with Crippen molar-refractivity contribution in [1.29, 1.82) is 0 Å². The van der Waals surface area contributed by atoms with Crippen LogP contribution in [0.1, 0.15) is 16.1 Å². The Morgan fingerprint density at radius 1 is 1.14 bits per heavy atom. The van der Waals surface area contributed by atoms with Crippen LogP contribution in [0.25, 0.3) is 11.1 Å². The fourth-order valence-corrected chi connectivity index (χ4v) is 4.66. The van der Waals surface area contributed by atoms with Gasteiger partial charge in [0.2, 0.25) is 0 Å². The molecule has 3 aromatic rings. The minimum Gasteiger partial charge on any atom is -0.465 e. The molecule has 0 bridgehead atoms. The maximum atomic E-state index is 13.0. The number of nitrogens with one attached hydrogen (secondary N) is 1. The standard InChI is InChI=1S/C19H18ClN3O4S/c1-12-17(18(20)23(2)21-12)28(25,26)22-16-11-14(13-7-5-4-6-8-13)9-10-15(16)19(24)27-3/h4-11,22H,1-3H3. The first-order valence-electron chi connectivity index (χ1n) is 8.24. The molecule has 2 aromatic carbocycles. The molecule has 1 heterocycles. The molecule has 3 rings (SSSR count). The summed E-state index contributed by atoms with van der Waals surface area (Å²) in [7, 11) is -1.31. The number of methoxy groups -OCH3 is 1. The van der Waals surface area contributed by atoms with E-state index in [0.717, 1.165) is 11.1 Å². The maximum absolute atomic E-state index is 13.0. The van der Waals surface area contributed by atoms with Crippen LogP contribution >= 0.6 is 11.6 Å². The number of carbonyl (C=O) groups excluding carboxylic acids is 1. The summed E-state index contributed by atoms with van der Waals surface area (Å²) in [6.45, 7) is 1.54. The summed E-state index contributed by atoms with van der Waals surface area (Å²) < 4.78 is 34.4. The highest BCUT2D eigenvalue weighted by atomic mass is 35.5. The van der Waals surface area contributed by atoms with Gasteiger partial charge in [-0.2, -0.15) is 5.10 Å². The van der Waals surface area contributed by atoms with Gasteiger partial charge in [-0.05, 0) is 30.2 Å². The van der Waals surface area contributed by atoms with Crippen LogP contribution in [0.5, 0.6) is 0 Å². The highest BCUT2D eigenvalue weighted by Gasteiger charge is 2.27. The Balaban J connectivity index is 2.12. The zero-order valence-corrected chi connectivity index (χ0v) is 17.0. The van der Waals surface area contributed by atoms with E-state index in [4.69, 9.17) is 16.3 Å². The Hall–Kier alpha value is -2.84. The molecular weight excluding hydrogens is 402 g/mol. The van der Waals surface area contributed by atoms with Gasteiger partial charge in [0.15, 0.2) is 0 Å². The number of benzene rings is 2. The average Bonchev–Trinajstić information content (AvgIpc) is 2.93. The predicted octanol–water partition coefficient (Wildman–Crippen LogP) is 3.64. The van der Waals surface area contributed by atoms with Crippen LogP contribution in [0, 0.1) is 6.92 Å². The molecule has 0 unspecified atom stereocenters. The Morgan fingerprint density at radius 3 is 2.39 bits per heavy atom. The van der Waals surface area contributed by atoms with Crippen LogP contribution in [0.3, 0.4) is 0 Å². The smallest absolute Gasteiger partial charge is 0.339 e. The monoisotopic (exact) mass is 419 g/mol.